The average Bonchev–Trinajstić information content (AvgIpc) is 2.91. The molecule has 1 aromatic heterocycles. The SMILES string of the molecule is CCC(O)(Cc1ccccc1)Cc1csc2ccccc12. The lowest BCUT2D eigenvalue weighted by molar-refractivity contribution is 0.0372. The Balaban J connectivity index is 1.86. The normalized spacial score (nSPS) is 14.2. The molecule has 0 aliphatic heterocycles. The molecule has 0 saturated carbocycles. The fourth-order valence-electron chi connectivity index (χ4n) is 2.81. The predicted molar refractivity (Wildman–Crippen MR) is 90.9 cm³/mol. The van der Waals surface area contributed by atoms with E-state index in [2.05, 4.69) is 48.7 Å². The standard InChI is InChI=1S/C19H20OS/c1-2-19(20,12-15-8-4-3-5-9-15)13-16-14-21-18-11-7-6-10-17(16)18/h3-11,14,20H,2,12-13H2,1H3. The molecule has 108 valence electrons. The summed E-state index contributed by atoms with van der Waals surface area (Å²) in [6.07, 6.45) is 2.17. The quantitative estimate of drug-likeness (QED) is 0.715. The average molecular weight is 296 g/mol. The van der Waals surface area contributed by atoms with Crippen molar-refractivity contribution in [2.24, 2.45) is 0 Å². The van der Waals surface area contributed by atoms with Crippen molar-refractivity contribution >= 4 is 21.4 Å². The van der Waals surface area contributed by atoms with Crippen LogP contribution in [0, 0.1) is 0 Å². The van der Waals surface area contributed by atoms with Gasteiger partial charge in [-0.25, -0.2) is 0 Å². The molecule has 3 aromatic rings. The first-order chi connectivity index (χ1) is 10.2. The van der Waals surface area contributed by atoms with Crippen LogP contribution in [0.1, 0.15) is 24.5 Å². The van der Waals surface area contributed by atoms with Gasteiger partial charge in [-0.05, 0) is 34.4 Å². The van der Waals surface area contributed by atoms with E-state index in [0.29, 0.717) is 12.8 Å². The van der Waals surface area contributed by atoms with Crippen molar-refractivity contribution in [1.82, 2.24) is 0 Å². The van der Waals surface area contributed by atoms with Gasteiger partial charge in [0.25, 0.3) is 0 Å². The summed E-state index contributed by atoms with van der Waals surface area (Å²) >= 11 is 1.76. The lowest BCUT2D eigenvalue weighted by Gasteiger charge is -2.27. The third-order valence-corrected chi connectivity index (χ3v) is 5.13. The van der Waals surface area contributed by atoms with Crippen molar-refractivity contribution in [2.45, 2.75) is 31.8 Å². The molecular weight excluding hydrogens is 276 g/mol. The van der Waals surface area contributed by atoms with Crippen LogP contribution in [0.15, 0.2) is 60.0 Å². The van der Waals surface area contributed by atoms with Crippen LogP contribution in [0.4, 0.5) is 0 Å². The Kier molecular flexibility index (Phi) is 4.09. The first-order valence-electron chi connectivity index (χ1n) is 7.42. The Labute approximate surface area is 129 Å². The molecule has 1 heterocycles. The van der Waals surface area contributed by atoms with Gasteiger partial charge in [-0.1, -0.05) is 55.5 Å². The molecule has 1 atom stereocenters. The van der Waals surface area contributed by atoms with E-state index in [0.717, 1.165) is 6.42 Å². The summed E-state index contributed by atoms with van der Waals surface area (Å²) in [5, 5.41) is 14.5. The predicted octanol–water partition coefficient (Wildman–Crippen LogP) is 4.83. The molecule has 0 aliphatic carbocycles. The van der Waals surface area contributed by atoms with Crippen LogP contribution in [0.2, 0.25) is 0 Å². The number of hydrogen-bond acceptors (Lipinski definition) is 2. The van der Waals surface area contributed by atoms with E-state index in [9.17, 15) is 5.11 Å². The van der Waals surface area contributed by atoms with Crippen LogP contribution in [-0.4, -0.2) is 10.7 Å². The lowest BCUT2D eigenvalue weighted by Crippen LogP contribution is -2.33. The van der Waals surface area contributed by atoms with Crippen molar-refractivity contribution in [3.05, 3.63) is 71.1 Å². The van der Waals surface area contributed by atoms with Gasteiger partial charge in [0.05, 0.1) is 5.60 Å². The maximum absolute atomic E-state index is 11.0. The molecule has 2 heteroatoms. The Morgan fingerprint density at radius 1 is 0.952 bits per heavy atom. The summed E-state index contributed by atoms with van der Waals surface area (Å²) in [6.45, 7) is 2.07. The molecule has 0 saturated heterocycles. The molecule has 0 aliphatic rings. The van der Waals surface area contributed by atoms with Gasteiger partial charge in [0, 0.05) is 17.5 Å². The first-order valence-corrected chi connectivity index (χ1v) is 8.29. The molecule has 0 bridgehead atoms. The summed E-state index contributed by atoms with van der Waals surface area (Å²) < 4.78 is 1.30. The molecule has 21 heavy (non-hydrogen) atoms. The van der Waals surface area contributed by atoms with Crippen molar-refractivity contribution < 1.29 is 5.11 Å². The molecule has 0 radical (unpaired) electrons. The molecule has 1 unspecified atom stereocenters. The Hall–Kier alpha value is -1.64. The highest BCUT2D eigenvalue weighted by molar-refractivity contribution is 7.17. The number of rotatable bonds is 5. The van der Waals surface area contributed by atoms with Gasteiger partial charge in [-0.2, -0.15) is 0 Å². The molecule has 0 amide bonds. The number of aliphatic hydroxyl groups is 1. The maximum Gasteiger partial charge on any atom is 0.0726 e. The molecule has 0 spiro atoms. The molecule has 1 nitrogen and oxygen atoms in total. The molecule has 2 aromatic carbocycles. The van der Waals surface area contributed by atoms with E-state index in [4.69, 9.17) is 0 Å². The van der Waals surface area contributed by atoms with Gasteiger partial charge in [0.2, 0.25) is 0 Å². The van der Waals surface area contributed by atoms with E-state index in [1.165, 1.54) is 21.2 Å². The fraction of sp³-hybridized carbons (Fsp3) is 0.263. The second kappa shape index (κ2) is 6.00. The third-order valence-electron chi connectivity index (χ3n) is 4.11. The van der Waals surface area contributed by atoms with E-state index in [1.807, 2.05) is 18.2 Å². The van der Waals surface area contributed by atoms with Crippen LogP contribution in [0.3, 0.4) is 0 Å². The number of benzene rings is 2. The van der Waals surface area contributed by atoms with Gasteiger partial charge in [0.15, 0.2) is 0 Å². The summed E-state index contributed by atoms with van der Waals surface area (Å²) in [6, 6.07) is 18.7. The Bertz CT molecular complexity index is 717. The van der Waals surface area contributed by atoms with Crippen molar-refractivity contribution in [3.8, 4) is 0 Å². The van der Waals surface area contributed by atoms with Crippen LogP contribution in [0.5, 0.6) is 0 Å². The minimum absolute atomic E-state index is 0.675. The lowest BCUT2D eigenvalue weighted by atomic mass is 9.86. The minimum atomic E-state index is -0.675. The van der Waals surface area contributed by atoms with Gasteiger partial charge in [-0.3, -0.25) is 0 Å². The topological polar surface area (TPSA) is 20.2 Å². The molecular formula is C19H20OS. The van der Waals surface area contributed by atoms with Crippen molar-refractivity contribution in [3.63, 3.8) is 0 Å². The maximum atomic E-state index is 11.0. The molecule has 3 rings (SSSR count). The van der Waals surface area contributed by atoms with E-state index in [1.54, 1.807) is 11.3 Å². The van der Waals surface area contributed by atoms with E-state index >= 15 is 0 Å². The first kappa shape index (κ1) is 14.3. The fourth-order valence-corrected chi connectivity index (χ4v) is 3.78. The second-order valence-electron chi connectivity index (χ2n) is 5.67. The highest BCUT2D eigenvalue weighted by Gasteiger charge is 2.26. The van der Waals surface area contributed by atoms with Crippen LogP contribution in [0.25, 0.3) is 10.1 Å². The van der Waals surface area contributed by atoms with Gasteiger partial charge in [0.1, 0.15) is 0 Å². The summed E-state index contributed by atoms with van der Waals surface area (Å²) in [7, 11) is 0. The zero-order valence-electron chi connectivity index (χ0n) is 12.3. The second-order valence-corrected chi connectivity index (χ2v) is 6.59. The highest BCUT2D eigenvalue weighted by atomic mass is 32.1. The van der Waals surface area contributed by atoms with Crippen LogP contribution < -0.4 is 0 Å². The van der Waals surface area contributed by atoms with Crippen LogP contribution >= 0.6 is 11.3 Å². The van der Waals surface area contributed by atoms with Crippen molar-refractivity contribution in [2.75, 3.05) is 0 Å². The largest absolute Gasteiger partial charge is 0.389 e. The number of thiophene rings is 1. The van der Waals surface area contributed by atoms with Gasteiger partial charge < -0.3 is 5.11 Å². The number of fused-ring (bicyclic) bond motifs is 1. The molecule has 1 N–H and O–H groups in total. The monoisotopic (exact) mass is 296 g/mol. The van der Waals surface area contributed by atoms with E-state index in [-0.39, 0.29) is 0 Å². The highest BCUT2D eigenvalue weighted by Crippen LogP contribution is 2.31. The Morgan fingerprint density at radius 2 is 1.67 bits per heavy atom. The molecule has 0 fully saturated rings. The third kappa shape index (κ3) is 3.17. The zero-order valence-corrected chi connectivity index (χ0v) is 13.1. The van der Waals surface area contributed by atoms with Gasteiger partial charge >= 0.3 is 0 Å². The van der Waals surface area contributed by atoms with Crippen LogP contribution in [-0.2, 0) is 12.8 Å². The van der Waals surface area contributed by atoms with E-state index < -0.39 is 5.60 Å². The summed E-state index contributed by atoms with van der Waals surface area (Å²) in [5.41, 5.74) is 1.78. The minimum Gasteiger partial charge on any atom is -0.389 e. The summed E-state index contributed by atoms with van der Waals surface area (Å²) in [5.74, 6) is 0. The zero-order chi connectivity index (χ0) is 14.7. The summed E-state index contributed by atoms with van der Waals surface area (Å²) in [4.78, 5) is 0. The smallest absolute Gasteiger partial charge is 0.0726 e. The van der Waals surface area contributed by atoms with Crippen molar-refractivity contribution in [1.29, 1.82) is 0 Å². The number of hydrogen-bond donors (Lipinski definition) is 1. The Morgan fingerprint density at radius 3 is 2.43 bits per heavy atom. The van der Waals surface area contributed by atoms with Gasteiger partial charge in [-0.15, -0.1) is 11.3 Å².